The molecule has 0 amide bonds. The minimum absolute atomic E-state index is 0.130. The van der Waals surface area contributed by atoms with Gasteiger partial charge in [0.25, 0.3) is 5.56 Å². The SMILES string of the molecule is COCCn1ncc(NCCC2CCNC2)c(Br)c1=O. The molecule has 1 unspecified atom stereocenters. The van der Waals surface area contributed by atoms with Crippen LogP contribution >= 0.6 is 15.9 Å². The summed E-state index contributed by atoms with van der Waals surface area (Å²) >= 11 is 3.35. The van der Waals surface area contributed by atoms with Crippen LogP contribution in [0.15, 0.2) is 15.5 Å². The summed E-state index contributed by atoms with van der Waals surface area (Å²) in [4.78, 5) is 12.1. The van der Waals surface area contributed by atoms with Gasteiger partial charge in [0.15, 0.2) is 0 Å². The number of hydrogen-bond acceptors (Lipinski definition) is 5. The van der Waals surface area contributed by atoms with Crippen LogP contribution in [0.2, 0.25) is 0 Å². The van der Waals surface area contributed by atoms with E-state index in [1.165, 1.54) is 11.1 Å². The van der Waals surface area contributed by atoms with E-state index in [4.69, 9.17) is 4.74 Å². The van der Waals surface area contributed by atoms with Crippen molar-refractivity contribution in [1.29, 1.82) is 0 Å². The van der Waals surface area contributed by atoms with Crippen LogP contribution < -0.4 is 16.2 Å². The second-order valence-corrected chi connectivity index (χ2v) is 5.76. The Balaban J connectivity index is 1.91. The number of anilines is 1. The van der Waals surface area contributed by atoms with Gasteiger partial charge >= 0.3 is 0 Å². The fraction of sp³-hybridized carbons (Fsp3) is 0.692. The van der Waals surface area contributed by atoms with Crippen molar-refractivity contribution in [3.05, 3.63) is 21.0 Å². The highest BCUT2D eigenvalue weighted by Crippen LogP contribution is 2.17. The minimum atomic E-state index is -0.130. The minimum Gasteiger partial charge on any atom is -0.383 e. The third-order valence-corrected chi connectivity index (χ3v) is 4.29. The van der Waals surface area contributed by atoms with Gasteiger partial charge in [-0.2, -0.15) is 5.10 Å². The molecule has 1 saturated heterocycles. The van der Waals surface area contributed by atoms with Crippen LogP contribution in [0.1, 0.15) is 12.8 Å². The molecule has 0 aromatic carbocycles. The predicted octanol–water partition coefficient (Wildman–Crippen LogP) is 1.06. The first kappa shape index (κ1) is 15.5. The highest BCUT2D eigenvalue weighted by Gasteiger charge is 2.14. The van der Waals surface area contributed by atoms with Gasteiger partial charge in [-0.15, -0.1) is 0 Å². The second kappa shape index (κ2) is 7.75. The molecule has 0 saturated carbocycles. The lowest BCUT2D eigenvalue weighted by Gasteiger charge is -2.12. The molecule has 1 aliphatic rings. The van der Waals surface area contributed by atoms with E-state index in [9.17, 15) is 4.79 Å². The highest BCUT2D eigenvalue weighted by atomic mass is 79.9. The van der Waals surface area contributed by atoms with E-state index in [1.807, 2.05) is 0 Å². The Morgan fingerprint density at radius 3 is 3.20 bits per heavy atom. The van der Waals surface area contributed by atoms with Crippen LogP contribution in [0.3, 0.4) is 0 Å². The zero-order valence-corrected chi connectivity index (χ0v) is 13.3. The first-order valence-corrected chi connectivity index (χ1v) is 7.71. The Kier molecular flexibility index (Phi) is 6.00. The molecule has 6 nitrogen and oxygen atoms in total. The third-order valence-electron chi connectivity index (χ3n) is 3.52. The molecule has 1 aromatic heterocycles. The monoisotopic (exact) mass is 344 g/mol. The largest absolute Gasteiger partial charge is 0.383 e. The maximum Gasteiger partial charge on any atom is 0.283 e. The number of nitrogens with one attached hydrogen (secondary N) is 2. The number of halogens is 1. The van der Waals surface area contributed by atoms with Crippen LogP contribution in [-0.2, 0) is 11.3 Å². The zero-order valence-electron chi connectivity index (χ0n) is 11.7. The average Bonchev–Trinajstić information content (AvgIpc) is 2.96. The number of hydrogen-bond donors (Lipinski definition) is 2. The lowest BCUT2D eigenvalue weighted by molar-refractivity contribution is 0.181. The van der Waals surface area contributed by atoms with Gasteiger partial charge in [0.1, 0.15) is 4.47 Å². The van der Waals surface area contributed by atoms with E-state index in [0.29, 0.717) is 17.6 Å². The fourth-order valence-corrected chi connectivity index (χ4v) is 2.74. The van der Waals surface area contributed by atoms with E-state index in [2.05, 4.69) is 31.7 Å². The summed E-state index contributed by atoms with van der Waals surface area (Å²) in [6.07, 6.45) is 4.03. The quantitative estimate of drug-likeness (QED) is 0.774. The number of ether oxygens (including phenoxy) is 1. The Labute approximate surface area is 127 Å². The lowest BCUT2D eigenvalue weighted by Crippen LogP contribution is -2.26. The predicted molar refractivity (Wildman–Crippen MR) is 82.2 cm³/mol. The van der Waals surface area contributed by atoms with Gasteiger partial charge in [-0.05, 0) is 47.8 Å². The van der Waals surface area contributed by atoms with Crippen molar-refractivity contribution >= 4 is 21.6 Å². The highest BCUT2D eigenvalue weighted by molar-refractivity contribution is 9.10. The maximum absolute atomic E-state index is 12.1. The van der Waals surface area contributed by atoms with Gasteiger partial charge in [-0.3, -0.25) is 4.79 Å². The van der Waals surface area contributed by atoms with Gasteiger partial charge in [0, 0.05) is 13.7 Å². The summed E-state index contributed by atoms with van der Waals surface area (Å²) in [5.74, 6) is 0.733. The number of methoxy groups -OCH3 is 1. The molecule has 0 aliphatic carbocycles. The van der Waals surface area contributed by atoms with Gasteiger partial charge in [0.05, 0.1) is 25.0 Å². The fourth-order valence-electron chi connectivity index (χ4n) is 2.30. The number of rotatable bonds is 7. The van der Waals surface area contributed by atoms with Crippen LogP contribution in [-0.4, -0.2) is 43.1 Å². The molecule has 0 bridgehead atoms. The van der Waals surface area contributed by atoms with Crippen molar-refractivity contribution in [2.24, 2.45) is 5.92 Å². The maximum atomic E-state index is 12.1. The summed E-state index contributed by atoms with van der Waals surface area (Å²) in [7, 11) is 1.61. The van der Waals surface area contributed by atoms with E-state index >= 15 is 0 Å². The molecule has 0 spiro atoms. The summed E-state index contributed by atoms with van der Waals surface area (Å²) < 4.78 is 6.89. The second-order valence-electron chi connectivity index (χ2n) is 4.97. The van der Waals surface area contributed by atoms with E-state index in [-0.39, 0.29) is 5.56 Å². The molecule has 1 aliphatic heterocycles. The van der Waals surface area contributed by atoms with Gasteiger partial charge in [-0.1, -0.05) is 0 Å². The van der Waals surface area contributed by atoms with Crippen molar-refractivity contribution in [2.45, 2.75) is 19.4 Å². The van der Waals surface area contributed by atoms with E-state index < -0.39 is 0 Å². The summed E-state index contributed by atoms with van der Waals surface area (Å²) in [6.45, 7) is 4.00. The Morgan fingerprint density at radius 2 is 2.50 bits per heavy atom. The Bertz CT molecular complexity index is 486. The smallest absolute Gasteiger partial charge is 0.283 e. The molecule has 7 heteroatoms. The van der Waals surface area contributed by atoms with E-state index in [0.717, 1.165) is 37.7 Å². The third kappa shape index (κ3) is 4.04. The summed E-state index contributed by atoms with van der Waals surface area (Å²) in [5.41, 5.74) is 0.629. The zero-order chi connectivity index (χ0) is 14.4. The molecule has 112 valence electrons. The van der Waals surface area contributed by atoms with Crippen LogP contribution in [0, 0.1) is 5.92 Å². The van der Waals surface area contributed by atoms with Crippen LogP contribution in [0.25, 0.3) is 0 Å². The Morgan fingerprint density at radius 1 is 1.65 bits per heavy atom. The summed E-state index contributed by atoms with van der Waals surface area (Å²) in [6, 6.07) is 0. The molecule has 1 atom stereocenters. The molecule has 0 radical (unpaired) electrons. The van der Waals surface area contributed by atoms with Crippen molar-refractivity contribution in [3.8, 4) is 0 Å². The number of aromatic nitrogens is 2. The van der Waals surface area contributed by atoms with E-state index in [1.54, 1.807) is 13.3 Å². The Hall–Kier alpha value is -0.920. The first-order chi connectivity index (χ1) is 9.72. The first-order valence-electron chi connectivity index (χ1n) is 6.91. The molecule has 2 heterocycles. The van der Waals surface area contributed by atoms with Crippen molar-refractivity contribution in [3.63, 3.8) is 0 Å². The normalized spacial score (nSPS) is 18.4. The van der Waals surface area contributed by atoms with Gasteiger partial charge in [0.2, 0.25) is 0 Å². The molecule has 1 fully saturated rings. The topological polar surface area (TPSA) is 68.2 Å². The molecular weight excluding hydrogens is 324 g/mol. The van der Waals surface area contributed by atoms with Gasteiger partial charge < -0.3 is 15.4 Å². The van der Waals surface area contributed by atoms with Crippen LogP contribution in [0.5, 0.6) is 0 Å². The van der Waals surface area contributed by atoms with Crippen molar-refractivity contribution < 1.29 is 4.74 Å². The average molecular weight is 345 g/mol. The van der Waals surface area contributed by atoms with Crippen LogP contribution in [0.4, 0.5) is 5.69 Å². The summed E-state index contributed by atoms with van der Waals surface area (Å²) in [5, 5.41) is 10.8. The number of nitrogens with zero attached hydrogens (tertiary/aromatic N) is 2. The van der Waals surface area contributed by atoms with Crippen molar-refractivity contribution in [2.75, 3.05) is 38.7 Å². The lowest BCUT2D eigenvalue weighted by atomic mass is 10.1. The van der Waals surface area contributed by atoms with Gasteiger partial charge in [-0.25, -0.2) is 4.68 Å². The van der Waals surface area contributed by atoms with Crippen molar-refractivity contribution in [1.82, 2.24) is 15.1 Å². The molecule has 2 N–H and O–H groups in total. The molecule has 20 heavy (non-hydrogen) atoms. The molecular formula is C13H21BrN4O2. The molecule has 1 aromatic rings. The standard InChI is InChI=1S/C13H21BrN4O2/c1-20-7-6-18-13(19)12(14)11(9-17-18)16-5-3-10-2-4-15-8-10/h9-10,15-16H,2-8H2,1H3. The molecule has 2 rings (SSSR count).